The molecule has 4 nitrogen and oxygen atoms in total. The molecule has 4 rings (SSSR count). The molecule has 0 saturated heterocycles. The molecular weight excluding hydrogens is 451 g/mol. The number of anilines is 2. The van der Waals surface area contributed by atoms with Gasteiger partial charge >= 0.3 is 0 Å². The number of benzene rings is 3. The zero-order valence-corrected chi connectivity index (χ0v) is 19.1. The molecule has 0 aromatic heterocycles. The molecular formula is C24H18Cl2N2O2S. The number of carbonyl (C=O) groups excluding carboxylic acids is 2. The molecule has 1 aliphatic rings. The van der Waals surface area contributed by atoms with Crippen LogP contribution < -0.4 is 10.2 Å². The predicted molar refractivity (Wildman–Crippen MR) is 128 cm³/mol. The van der Waals surface area contributed by atoms with Crippen molar-refractivity contribution in [2.24, 2.45) is 0 Å². The number of halogens is 2. The van der Waals surface area contributed by atoms with Crippen LogP contribution in [0.15, 0.2) is 82.2 Å². The third kappa shape index (κ3) is 4.35. The van der Waals surface area contributed by atoms with Crippen LogP contribution in [0.4, 0.5) is 11.4 Å². The summed E-state index contributed by atoms with van der Waals surface area (Å²) in [5.74, 6) is -0.764. The lowest BCUT2D eigenvalue weighted by Crippen LogP contribution is -2.33. The standard InChI is InChI=1S/C24H18Cl2N2O2S/c1-14-4-3-5-20(15(14)2)28-23(29)21(27-18-10-6-16(25)7-11-18)22(24(28)30)31-19-12-8-17(26)9-13-19/h3-13,27H,1-2H3. The highest BCUT2D eigenvalue weighted by Gasteiger charge is 2.40. The van der Waals surface area contributed by atoms with Crippen molar-refractivity contribution < 1.29 is 9.59 Å². The van der Waals surface area contributed by atoms with Crippen molar-refractivity contribution in [2.75, 3.05) is 10.2 Å². The molecule has 0 atom stereocenters. The van der Waals surface area contributed by atoms with Gasteiger partial charge in [0.2, 0.25) is 0 Å². The van der Waals surface area contributed by atoms with E-state index < -0.39 is 5.91 Å². The fourth-order valence-electron chi connectivity index (χ4n) is 3.21. The normalized spacial score (nSPS) is 13.9. The van der Waals surface area contributed by atoms with Crippen LogP contribution in [-0.2, 0) is 9.59 Å². The van der Waals surface area contributed by atoms with Crippen molar-refractivity contribution in [3.05, 3.63) is 98.5 Å². The van der Waals surface area contributed by atoms with E-state index >= 15 is 0 Å². The first-order chi connectivity index (χ1) is 14.8. The Hall–Kier alpha value is -2.73. The molecule has 0 spiro atoms. The van der Waals surface area contributed by atoms with Crippen LogP contribution >= 0.6 is 35.0 Å². The van der Waals surface area contributed by atoms with Gasteiger partial charge in [-0.1, -0.05) is 47.1 Å². The van der Waals surface area contributed by atoms with Gasteiger partial charge in [-0.3, -0.25) is 9.59 Å². The van der Waals surface area contributed by atoms with Crippen molar-refractivity contribution in [1.29, 1.82) is 0 Å². The average molecular weight is 469 g/mol. The minimum atomic E-state index is -0.398. The van der Waals surface area contributed by atoms with Crippen LogP contribution in [0, 0.1) is 13.8 Å². The Kier molecular flexibility index (Phi) is 6.10. The molecule has 0 saturated carbocycles. The summed E-state index contributed by atoms with van der Waals surface area (Å²) in [6, 6.07) is 19.7. The van der Waals surface area contributed by atoms with Gasteiger partial charge in [-0.15, -0.1) is 0 Å². The highest BCUT2D eigenvalue weighted by Crippen LogP contribution is 2.39. The highest BCUT2D eigenvalue weighted by molar-refractivity contribution is 8.04. The Morgan fingerprint density at radius 3 is 2.06 bits per heavy atom. The Morgan fingerprint density at radius 1 is 0.806 bits per heavy atom. The van der Waals surface area contributed by atoms with Crippen LogP contribution in [0.2, 0.25) is 10.0 Å². The predicted octanol–water partition coefficient (Wildman–Crippen LogP) is 6.60. The molecule has 2 amide bonds. The van der Waals surface area contributed by atoms with Crippen molar-refractivity contribution >= 4 is 58.2 Å². The van der Waals surface area contributed by atoms with Crippen molar-refractivity contribution in [1.82, 2.24) is 0 Å². The summed E-state index contributed by atoms with van der Waals surface area (Å²) in [5.41, 5.74) is 3.36. The second kappa shape index (κ2) is 8.79. The molecule has 1 N–H and O–H groups in total. The topological polar surface area (TPSA) is 49.4 Å². The number of nitrogens with zero attached hydrogens (tertiary/aromatic N) is 1. The summed E-state index contributed by atoms with van der Waals surface area (Å²) >= 11 is 13.2. The molecule has 0 radical (unpaired) electrons. The Labute approximate surface area is 194 Å². The second-order valence-electron chi connectivity index (χ2n) is 7.06. The molecule has 0 fully saturated rings. The molecule has 156 valence electrons. The zero-order valence-electron chi connectivity index (χ0n) is 16.8. The first-order valence-electron chi connectivity index (χ1n) is 9.50. The molecule has 0 unspecified atom stereocenters. The van der Waals surface area contributed by atoms with Crippen LogP contribution in [0.3, 0.4) is 0 Å². The maximum absolute atomic E-state index is 13.4. The molecule has 1 aliphatic heterocycles. The number of nitrogens with one attached hydrogen (secondary N) is 1. The summed E-state index contributed by atoms with van der Waals surface area (Å²) in [6.07, 6.45) is 0. The first-order valence-corrected chi connectivity index (χ1v) is 11.1. The molecule has 0 bridgehead atoms. The van der Waals surface area contributed by atoms with E-state index in [0.717, 1.165) is 16.0 Å². The second-order valence-corrected chi connectivity index (χ2v) is 9.01. The largest absolute Gasteiger partial charge is 0.350 e. The van der Waals surface area contributed by atoms with Crippen LogP contribution in [-0.4, -0.2) is 11.8 Å². The fourth-order valence-corrected chi connectivity index (χ4v) is 4.39. The van der Waals surface area contributed by atoms with Crippen LogP contribution in [0.5, 0.6) is 0 Å². The number of hydrogen-bond acceptors (Lipinski definition) is 4. The fraction of sp³-hybridized carbons (Fsp3) is 0.0833. The number of hydrogen-bond donors (Lipinski definition) is 1. The summed E-state index contributed by atoms with van der Waals surface area (Å²) in [6.45, 7) is 3.86. The minimum absolute atomic E-state index is 0.230. The Bertz CT molecular complexity index is 1140. The SMILES string of the molecule is Cc1cccc(N2C(=O)C(Nc3ccc(Cl)cc3)=C(Sc3ccc(Cl)cc3)C2=O)c1C. The molecule has 3 aromatic carbocycles. The van der Waals surface area contributed by atoms with Gasteiger partial charge in [0.25, 0.3) is 11.8 Å². The van der Waals surface area contributed by atoms with Gasteiger partial charge < -0.3 is 5.32 Å². The van der Waals surface area contributed by atoms with Crippen molar-refractivity contribution in [3.8, 4) is 0 Å². The van der Waals surface area contributed by atoms with Gasteiger partial charge in [-0.2, -0.15) is 0 Å². The van der Waals surface area contributed by atoms with Crippen molar-refractivity contribution in [2.45, 2.75) is 18.7 Å². The van der Waals surface area contributed by atoms with Crippen molar-refractivity contribution in [3.63, 3.8) is 0 Å². The van der Waals surface area contributed by atoms with Gasteiger partial charge in [0.05, 0.1) is 5.69 Å². The maximum Gasteiger partial charge on any atom is 0.283 e. The van der Waals surface area contributed by atoms with Gasteiger partial charge in [-0.05, 0) is 79.6 Å². The lowest BCUT2D eigenvalue weighted by molar-refractivity contribution is -0.120. The summed E-state index contributed by atoms with van der Waals surface area (Å²) < 4.78 is 0. The van der Waals surface area contributed by atoms with Crippen LogP contribution in [0.25, 0.3) is 0 Å². The number of rotatable bonds is 5. The monoisotopic (exact) mass is 468 g/mol. The smallest absolute Gasteiger partial charge is 0.283 e. The third-order valence-electron chi connectivity index (χ3n) is 5.01. The quantitative estimate of drug-likeness (QED) is 0.428. The van der Waals surface area contributed by atoms with E-state index in [1.165, 1.54) is 16.7 Å². The molecule has 31 heavy (non-hydrogen) atoms. The van der Waals surface area contributed by atoms with Gasteiger partial charge in [0.15, 0.2) is 0 Å². The number of imide groups is 1. The van der Waals surface area contributed by atoms with E-state index in [9.17, 15) is 9.59 Å². The number of thioether (sulfide) groups is 1. The molecule has 0 aliphatic carbocycles. The van der Waals surface area contributed by atoms with E-state index in [-0.39, 0.29) is 11.6 Å². The summed E-state index contributed by atoms with van der Waals surface area (Å²) in [7, 11) is 0. The summed E-state index contributed by atoms with van der Waals surface area (Å²) in [5, 5.41) is 4.31. The van der Waals surface area contributed by atoms with Gasteiger partial charge in [0.1, 0.15) is 10.6 Å². The summed E-state index contributed by atoms with van der Waals surface area (Å²) in [4.78, 5) is 29.2. The number of carbonyl (C=O) groups is 2. The molecule has 3 aromatic rings. The number of aryl methyl sites for hydroxylation is 1. The first kappa shape index (κ1) is 21.5. The Morgan fingerprint density at radius 2 is 1.42 bits per heavy atom. The van der Waals surface area contributed by atoms with E-state index in [2.05, 4.69) is 5.32 Å². The maximum atomic E-state index is 13.4. The molecule has 1 heterocycles. The lowest BCUT2D eigenvalue weighted by Gasteiger charge is -2.19. The average Bonchev–Trinajstić information content (AvgIpc) is 2.97. The van der Waals surface area contributed by atoms with Gasteiger partial charge in [0, 0.05) is 20.6 Å². The highest BCUT2D eigenvalue weighted by atomic mass is 35.5. The number of amides is 2. The van der Waals surface area contributed by atoms with E-state index in [1.807, 2.05) is 38.1 Å². The lowest BCUT2D eigenvalue weighted by atomic mass is 10.1. The molecule has 7 heteroatoms. The van der Waals surface area contributed by atoms with E-state index in [4.69, 9.17) is 23.2 Å². The zero-order chi connectivity index (χ0) is 22.1. The van der Waals surface area contributed by atoms with E-state index in [1.54, 1.807) is 42.5 Å². The van der Waals surface area contributed by atoms with Gasteiger partial charge in [-0.25, -0.2) is 4.90 Å². The van der Waals surface area contributed by atoms with E-state index in [0.29, 0.717) is 26.3 Å². The third-order valence-corrected chi connectivity index (χ3v) is 6.60. The Balaban J connectivity index is 1.77. The van der Waals surface area contributed by atoms with Crippen LogP contribution in [0.1, 0.15) is 11.1 Å². The minimum Gasteiger partial charge on any atom is -0.350 e.